The number of ether oxygens (including phenoxy) is 1. The summed E-state index contributed by atoms with van der Waals surface area (Å²) in [5.74, 6) is -2.38. The zero-order valence-electron chi connectivity index (χ0n) is 15.4. The van der Waals surface area contributed by atoms with E-state index in [1.807, 2.05) is 0 Å². The van der Waals surface area contributed by atoms with E-state index in [4.69, 9.17) is 4.74 Å². The largest absolute Gasteiger partial charge is 0.711 e. The van der Waals surface area contributed by atoms with Crippen LogP contribution in [0.2, 0.25) is 0 Å². The Balaban J connectivity index is 2.31. The Hall–Kier alpha value is -2.84. The summed E-state index contributed by atoms with van der Waals surface area (Å²) in [7, 11) is 0. The first-order valence-corrected chi connectivity index (χ1v) is 8.43. The van der Waals surface area contributed by atoms with Crippen LogP contribution in [0.1, 0.15) is 38.3 Å². The molecule has 0 amide bonds. The lowest BCUT2D eigenvalue weighted by Gasteiger charge is -2.39. The maximum atomic E-state index is 14.5. The SMILES string of the molecule is CC(C)(C)OC(=O)CC1(C(F)(F)F)c2cc(F)ccc2Nc2c1ccc[n+]2[O-]. The van der Waals surface area contributed by atoms with Crippen molar-refractivity contribution in [2.75, 3.05) is 5.32 Å². The number of hydrogen-bond acceptors (Lipinski definition) is 4. The molecule has 0 saturated heterocycles. The summed E-state index contributed by atoms with van der Waals surface area (Å²) in [5.41, 5.74) is -5.02. The van der Waals surface area contributed by atoms with Gasteiger partial charge in [0.2, 0.25) is 0 Å². The minimum atomic E-state index is -5.02. The van der Waals surface area contributed by atoms with Crippen molar-refractivity contribution in [1.29, 1.82) is 0 Å². The molecule has 3 rings (SSSR count). The molecular formula is C19H18F4N2O3. The van der Waals surface area contributed by atoms with E-state index < -0.39 is 46.5 Å². The highest BCUT2D eigenvalue weighted by Crippen LogP contribution is 2.55. The normalized spacial score (nSPS) is 18.7. The Labute approximate surface area is 158 Å². The molecule has 1 unspecified atom stereocenters. The average Bonchev–Trinajstić information content (AvgIpc) is 2.53. The zero-order chi connectivity index (χ0) is 20.9. The fraction of sp³-hybridized carbons (Fsp3) is 0.368. The molecule has 28 heavy (non-hydrogen) atoms. The van der Waals surface area contributed by atoms with Crippen molar-refractivity contribution in [1.82, 2.24) is 0 Å². The molecule has 2 aromatic rings. The molecule has 0 radical (unpaired) electrons. The number of benzene rings is 1. The van der Waals surface area contributed by atoms with Crippen LogP contribution in [0.3, 0.4) is 0 Å². The van der Waals surface area contributed by atoms with E-state index in [-0.39, 0.29) is 16.2 Å². The Morgan fingerprint density at radius 2 is 1.89 bits per heavy atom. The lowest BCUT2D eigenvalue weighted by atomic mass is 9.69. The quantitative estimate of drug-likeness (QED) is 0.358. The number of halogens is 4. The highest BCUT2D eigenvalue weighted by Gasteiger charge is 2.63. The van der Waals surface area contributed by atoms with Crippen molar-refractivity contribution in [2.24, 2.45) is 0 Å². The van der Waals surface area contributed by atoms with Crippen molar-refractivity contribution in [3.05, 3.63) is 58.7 Å². The number of pyridine rings is 1. The molecule has 1 N–H and O–H groups in total. The molecule has 9 heteroatoms. The van der Waals surface area contributed by atoms with E-state index in [0.29, 0.717) is 0 Å². The highest BCUT2D eigenvalue weighted by atomic mass is 19.4. The van der Waals surface area contributed by atoms with Crippen molar-refractivity contribution >= 4 is 17.5 Å². The minimum Gasteiger partial charge on any atom is -0.711 e. The van der Waals surface area contributed by atoms with Gasteiger partial charge >= 0.3 is 12.1 Å². The molecule has 150 valence electrons. The van der Waals surface area contributed by atoms with Gasteiger partial charge in [-0.05, 0) is 51.1 Å². The number of carbonyl (C=O) groups is 1. The third-order valence-electron chi connectivity index (χ3n) is 4.43. The number of rotatable bonds is 2. The third kappa shape index (κ3) is 3.25. The standard InChI is InChI=1S/C19H18F4N2O3/c1-17(2,3)28-15(26)10-18(19(21,22)23)12-5-4-8-25(27)16(12)24-14-7-6-11(20)9-13(14)18/h4-9,24H,10H2,1-3H3. The van der Waals surface area contributed by atoms with Gasteiger partial charge in [-0.25, -0.2) is 14.4 Å². The maximum Gasteiger partial charge on any atom is 0.403 e. The van der Waals surface area contributed by atoms with Gasteiger partial charge < -0.3 is 9.94 Å². The van der Waals surface area contributed by atoms with E-state index >= 15 is 0 Å². The Morgan fingerprint density at radius 1 is 1.21 bits per heavy atom. The minimum absolute atomic E-state index is 0.106. The molecule has 1 aliphatic rings. The molecule has 0 bridgehead atoms. The van der Waals surface area contributed by atoms with E-state index in [9.17, 15) is 27.6 Å². The molecule has 1 aromatic heterocycles. The Morgan fingerprint density at radius 3 is 2.50 bits per heavy atom. The van der Waals surface area contributed by atoms with E-state index in [1.54, 1.807) is 0 Å². The summed E-state index contributed by atoms with van der Waals surface area (Å²) in [6.07, 6.45) is -5.12. The number of nitrogens with zero attached hydrogens (tertiary/aromatic N) is 1. The van der Waals surface area contributed by atoms with Gasteiger partial charge in [-0.3, -0.25) is 4.79 Å². The van der Waals surface area contributed by atoms with Crippen LogP contribution in [0.25, 0.3) is 0 Å². The summed E-state index contributed by atoms with van der Waals surface area (Å²) in [5, 5.41) is 14.8. The Kier molecular flexibility index (Phi) is 4.52. The van der Waals surface area contributed by atoms with Gasteiger partial charge in [0.25, 0.3) is 5.82 Å². The molecule has 2 heterocycles. The van der Waals surface area contributed by atoms with Gasteiger partial charge in [0.05, 0.1) is 18.2 Å². The van der Waals surface area contributed by atoms with Crippen LogP contribution in [0.4, 0.5) is 29.1 Å². The fourth-order valence-corrected chi connectivity index (χ4v) is 3.40. The van der Waals surface area contributed by atoms with Crippen molar-refractivity contribution in [2.45, 2.75) is 44.4 Å². The second-order valence-electron chi connectivity index (χ2n) is 7.58. The molecule has 1 aromatic carbocycles. The number of hydrogen-bond donors (Lipinski definition) is 1. The number of esters is 1. The summed E-state index contributed by atoms with van der Waals surface area (Å²) >= 11 is 0. The van der Waals surface area contributed by atoms with Crippen molar-refractivity contribution in [3.63, 3.8) is 0 Å². The number of alkyl halides is 3. The second kappa shape index (κ2) is 6.35. The first-order chi connectivity index (χ1) is 12.8. The van der Waals surface area contributed by atoms with Crippen LogP contribution in [-0.2, 0) is 14.9 Å². The molecule has 0 saturated carbocycles. The summed E-state index contributed by atoms with van der Waals surface area (Å²) in [6, 6.07) is 5.06. The van der Waals surface area contributed by atoms with Crippen LogP contribution in [0, 0.1) is 11.0 Å². The van der Waals surface area contributed by atoms with Gasteiger partial charge in [0, 0.05) is 5.56 Å². The highest BCUT2D eigenvalue weighted by molar-refractivity contribution is 5.80. The van der Waals surface area contributed by atoms with Crippen LogP contribution in [-0.4, -0.2) is 17.7 Å². The van der Waals surface area contributed by atoms with Gasteiger partial charge in [-0.15, -0.1) is 0 Å². The first kappa shape index (κ1) is 19.9. The topological polar surface area (TPSA) is 65.3 Å². The lowest BCUT2D eigenvalue weighted by molar-refractivity contribution is -0.590. The summed E-state index contributed by atoms with van der Waals surface area (Å²) in [4.78, 5) is 12.4. The molecular weight excluding hydrogens is 380 g/mol. The van der Waals surface area contributed by atoms with Gasteiger partial charge in [0.15, 0.2) is 0 Å². The van der Waals surface area contributed by atoms with E-state index in [0.717, 1.165) is 36.5 Å². The molecule has 0 fully saturated rings. The maximum absolute atomic E-state index is 14.5. The van der Waals surface area contributed by atoms with Crippen molar-refractivity contribution < 1.29 is 31.8 Å². The first-order valence-electron chi connectivity index (χ1n) is 8.43. The number of anilines is 2. The predicted octanol–water partition coefficient (Wildman–Crippen LogP) is 4.10. The third-order valence-corrected chi connectivity index (χ3v) is 4.43. The lowest BCUT2D eigenvalue weighted by Crippen LogP contribution is -2.50. The molecule has 0 aliphatic carbocycles. The fourth-order valence-electron chi connectivity index (χ4n) is 3.40. The molecule has 1 atom stereocenters. The number of carbonyl (C=O) groups excluding carboxylic acids is 1. The predicted molar refractivity (Wildman–Crippen MR) is 92.4 cm³/mol. The van der Waals surface area contributed by atoms with Gasteiger partial charge in [-0.2, -0.15) is 13.2 Å². The number of nitrogens with one attached hydrogen (secondary N) is 1. The molecule has 5 nitrogen and oxygen atoms in total. The number of fused-ring (bicyclic) bond motifs is 2. The summed E-state index contributed by atoms with van der Waals surface area (Å²) in [6.45, 7) is 4.59. The van der Waals surface area contributed by atoms with Crippen LogP contribution < -0.4 is 10.0 Å². The monoisotopic (exact) mass is 398 g/mol. The molecule has 1 aliphatic heterocycles. The van der Waals surface area contributed by atoms with E-state index in [1.165, 1.54) is 20.8 Å². The van der Waals surface area contributed by atoms with Crippen LogP contribution >= 0.6 is 0 Å². The van der Waals surface area contributed by atoms with Crippen LogP contribution in [0.15, 0.2) is 36.5 Å². The van der Waals surface area contributed by atoms with Gasteiger partial charge in [-0.1, -0.05) is 0 Å². The van der Waals surface area contributed by atoms with E-state index in [2.05, 4.69) is 5.32 Å². The second-order valence-corrected chi connectivity index (χ2v) is 7.58. The average molecular weight is 398 g/mol. The summed E-state index contributed by atoms with van der Waals surface area (Å²) < 4.78 is 62.9. The Bertz CT molecular complexity index is 934. The zero-order valence-corrected chi connectivity index (χ0v) is 15.4. The molecule has 0 spiro atoms. The van der Waals surface area contributed by atoms with Crippen molar-refractivity contribution in [3.8, 4) is 0 Å². The number of aromatic nitrogens is 1. The smallest absolute Gasteiger partial charge is 0.403 e. The van der Waals surface area contributed by atoms with Gasteiger partial charge in [0.1, 0.15) is 22.5 Å². The van der Waals surface area contributed by atoms with Crippen LogP contribution in [0.5, 0.6) is 0 Å².